The molecule has 5 nitrogen and oxygen atoms in total. The summed E-state index contributed by atoms with van der Waals surface area (Å²) in [7, 11) is 0. The van der Waals surface area contributed by atoms with Crippen molar-refractivity contribution in [2.24, 2.45) is 0 Å². The monoisotopic (exact) mass is 278 g/mol. The maximum Gasteiger partial charge on any atom is 0.246 e. The van der Waals surface area contributed by atoms with E-state index >= 15 is 0 Å². The summed E-state index contributed by atoms with van der Waals surface area (Å²) in [4.78, 5) is 11.8. The molecule has 0 fully saturated rings. The second-order valence-corrected chi connectivity index (χ2v) is 5.67. The molecule has 0 aliphatic carbocycles. The zero-order chi connectivity index (χ0) is 14.8. The zero-order valence-electron chi connectivity index (χ0n) is 12.4. The number of hydrogen-bond acceptors (Lipinski definition) is 4. The van der Waals surface area contributed by atoms with Crippen molar-refractivity contribution < 1.29 is 14.3 Å². The van der Waals surface area contributed by atoms with Crippen LogP contribution in [0.5, 0.6) is 11.5 Å². The number of anilines is 1. The van der Waals surface area contributed by atoms with Gasteiger partial charge in [-0.15, -0.1) is 0 Å². The standard InChI is InChI=1S/C15H22N2O3/c1-10(2)16-8-7-14(18)17-11-5-6-12-13(9-11)20-15(3,4)19-12/h5-6,9-10,16H,7-8H2,1-4H3,(H,17,18). The maximum absolute atomic E-state index is 11.8. The molecule has 2 rings (SSSR count). The molecular formula is C15H22N2O3. The minimum Gasteiger partial charge on any atom is -0.449 e. The second-order valence-electron chi connectivity index (χ2n) is 5.67. The Labute approximate surface area is 119 Å². The van der Waals surface area contributed by atoms with Gasteiger partial charge in [0.1, 0.15) is 0 Å². The van der Waals surface area contributed by atoms with Crippen LogP contribution in [0.15, 0.2) is 18.2 Å². The topological polar surface area (TPSA) is 59.6 Å². The van der Waals surface area contributed by atoms with Gasteiger partial charge < -0.3 is 20.1 Å². The Bertz CT molecular complexity index is 498. The minimum atomic E-state index is -0.647. The molecule has 1 aliphatic heterocycles. The summed E-state index contributed by atoms with van der Waals surface area (Å²) in [6.07, 6.45) is 0.443. The lowest BCUT2D eigenvalue weighted by molar-refractivity contribution is -0.116. The van der Waals surface area contributed by atoms with Gasteiger partial charge in [0.05, 0.1) is 0 Å². The van der Waals surface area contributed by atoms with Gasteiger partial charge in [-0.2, -0.15) is 0 Å². The largest absolute Gasteiger partial charge is 0.449 e. The third-order valence-electron chi connectivity index (χ3n) is 2.84. The normalized spacial score (nSPS) is 15.4. The number of carbonyl (C=O) groups excluding carboxylic acids is 1. The van der Waals surface area contributed by atoms with Gasteiger partial charge in [0.25, 0.3) is 0 Å². The first-order chi connectivity index (χ1) is 9.35. The quantitative estimate of drug-likeness (QED) is 0.869. The number of amides is 1. The van der Waals surface area contributed by atoms with E-state index in [0.717, 1.165) is 5.69 Å². The van der Waals surface area contributed by atoms with Crippen molar-refractivity contribution >= 4 is 11.6 Å². The molecule has 20 heavy (non-hydrogen) atoms. The van der Waals surface area contributed by atoms with Crippen LogP contribution in [-0.4, -0.2) is 24.3 Å². The summed E-state index contributed by atoms with van der Waals surface area (Å²) in [6, 6.07) is 5.80. The number of fused-ring (bicyclic) bond motifs is 1. The summed E-state index contributed by atoms with van der Waals surface area (Å²) in [5.41, 5.74) is 0.722. The van der Waals surface area contributed by atoms with Crippen LogP contribution < -0.4 is 20.1 Å². The van der Waals surface area contributed by atoms with E-state index in [-0.39, 0.29) is 5.91 Å². The summed E-state index contributed by atoms with van der Waals surface area (Å²) in [5.74, 6) is 0.699. The summed E-state index contributed by atoms with van der Waals surface area (Å²) in [5, 5.41) is 6.07. The third kappa shape index (κ3) is 3.87. The fourth-order valence-corrected chi connectivity index (χ4v) is 2.00. The number of hydrogen-bond donors (Lipinski definition) is 2. The lowest BCUT2D eigenvalue weighted by atomic mass is 10.2. The van der Waals surface area contributed by atoms with Crippen molar-refractivity contribution in [3.8, 4) is 11.5 Å². The Morgan fingerprint density at radius 2 is 1.95 bits per heavy atom. The molecule has 1 amide bonds. The molecule has 2 N–H and O–H groups in total. The Kier molecular flexibility index (Phi) is 4.18. The van der Waals surface area contributed by atoms with Crippen molar-refractivity contribution in [2.75, 3.05) is 11.9 Å². The molecule has 0 bridgehead atoms. The van der Waals surface area contributed by atoms with E-state index in [0.29, 0.717) is 30.5 Å². The highest BCUT2D eigenvalue weighted by Crippen LogP contribution is 2.40. The SMILES string of the molecule is CC(C)NCCC(=O)Nc1ccc2c(c1)OC(C)(C)O2. The Balaban J connectivity index is 1.90. The van der Waals surface area contributed by atoms with Crippen LogP contribution >= 0.6 is 0 Å². The van der Waals surface area contributed by atoms with Crippen LogP contribution in [0.2, 0.25) is 0 Å². The van der Waals surface area contributed by atoms with Crippen molar-refractivity contribution in [3.63, 3.8) is 0 Å². The van der Waals surface area contributed by atoms with Crippen molar-refractivity contribution in [2.45, 2.75) is 45.9 Å². The molecule has 0 radical (unpaired) electrons. The van der Waals surface area contributed by atoms with Crippen molar-refractivity contribution in [1.82, 2.24) is 5.32 Å². The molecule has 1 aromatic carbocycles. The van der Waals surface area contributed by atoms with Gasteiger partial charge in [0.2, 0.25) is 11.7 Å². The zero-order valence-corrected chi connectivity index (χ0v) is 12.4. The van der Waals surface area contributed by atoms with Crippen LogP contribution in [0.4, 0.5) is 5.69 Å². The number of benzene rings is 1. The second kappa shape index (κ2) is 5.71. The van der Waals surface area contributed by atoms with Crippen LogP contribution in [0.25, 0.3) is 0 Å². The average molecular weight is 278 g/mol. The number of ether oxygens (including phenoxy) is 2. The minimum absolute atomic E-state index is 0.0173. The highest BCUT2D eigenvalue weighted by Gasteiger charge is 2.31. The molecule has 0 saturated heterocycles. The smallest absolute Gasteiger partial charge is 0.246 e. The molecule has 0 spiro atoms. The molecule has 0 aromatic heterocycles. The van der Waals surface area contributed by atoms with Crippen molar-refractivity contribution in [3.05, 3.63) is 18.2 Å². The highest BCUT2D eigenvalue weighted by molar-refractivity contribution is 5.91. The van der Waals surface area contributed by atoms with Gasteiger partial charge in [0, 0.05) is 44.6 Å². The number of nitrogens with one attached hydrogen (secondary N) is 2. The molecule has 110 valence electrons. The van der Waals surface area contributed by atoms with Gasteiger partial charge in [-0.05, 0) is 12.1 Å². The van der Waals surface area contributed by atoms with E-state index in [9.17, 15) is 4.79 Å². The molecule has 0 atom stereocenters. The Morgan fingerprint density at radius 3 is 2.65 bits per heavy atom. The van der Waals surface area contributed by atoms with Gasteiger partial charge in [-0.25, -0.2) is 0 Å². The Hall–Kier alpha value is -1.75. The van der Waals surface area contributed by atoms with E-state index in [1.165, 1.54) is 0 Å². The Morgan fingerprint density at radius 1 is 1.25 bits per heavy atom. The van der Waals surface area contributed by atoms with Crippen LogP contribution in [0.1, 0.15) is 34.1 Å². The summed E-state index contributed by atoms with van der Waals surface area (Å²) in [6.45, 7) is 8.47. The highest BCUT2D eigenvalue weighted by atomic mass is 16.7. The third-order valence-corrected chi connectivity index (χ3v) is 2.84. The average Bonchev–Trinajstić information content (AvgIpc) is 2.61. The molecule has 0 saturated carbocycles. The lowest BCUT2D eigenvalue weighted by Crippen LogP contribution is -2.29. The fourth-order valence-electron chi connectivity index (χ4n) is 2.00. The first kappa shape index (κ1) is 14.7. The van der Waals surface area contributed by atoms with E-state index < -0.39 is 5.79 Å². The van der Waals surface area contributed by atoms with E-state index in [1.807, 2.05) is 26.0 Å². The summed E-state index contributed by atoms with van der Waals surface area (Å²) >= 11 is 0. The van der Waals surface area contributed by atoms with E-state index in [1.54, 1.807) is 6.07 Å². The van der Waals surface area contributed by atoms with Gasteiger partial charge in [-0.1, -0.05) is 13.8 Å². The predicted molar refractivity (Wildman–Crippen MR) is 78.2 cm³/mol. The van der Waals surface area contributed by atoms with Crippen LogP contribution in [0, 0.1) is 0 Å². The van der Waals surface area contributed by atoms with Gasteiger partial charge in [0.15, 0.2) is 11.5 Å². The molecule has 5 heteroatoms. The van der Waals surface area contributed by atoms with E-state index in [4.69, 9.17) is 9.47 Å². The molecule has 0 unspecified atom stereocenters. The van der Waals surface area contributed by atoms with Gasteiger partial charge in [-0.3, -0.25) is 4.79 Å². The van der Waals surface area contributed by atoms with Crippen molar-refractivity contribution in [1.29, 1.82) is 0 Å². The summed E-state index contributed by atoms with van der Waals surface area (Å²) < 4.78 is 11.2. The molecule has 1 aromatic rings. The number of rotatable bonds is 5. The molecule has 1 heterocycles. The van der Waals surface area contributed by atoms with Crippen LogP contribution in [-0.2, 0) is 4.79 Å². The molecule has 1 aliphatic rings. The first-order valence-corrected chi connectivity index (χ1v) is 6.91. The maximum atomic E-state index is 11.8. The fraction of sp³-hybridized carbons (Fsp3) is 0.533. The van der Waals surface area contributed by atoms with Gasteiger partial charge >= 0.3 is 0 Å². The van der Waals surface area contributed by atoms with Crippen LogP contribution in [0.3, 0.4) is 0 Å². The predicted octanol–water partition coefficient (Wildman–Crippen LogP) is 2.52. The molecular weight excluding hydrogens is 256 g/mol. The first-order valence-electron chi connectivity index (χ1n) is 6.91. The lowest BCUT2D eigenvalue weighted by Gasteiger charge is -2.16. The number of carbonyl (C=O) groups is 1. The van der Waals surface area contributed by atoms with E-state index in [2.05, 4.69) is 24.5 Å².